The van der Waals surface area contributed by atoms with Crippen molar-refractivity contribution in [1.29, 1.82) is 0 Å². The molecule has 0 radical (unpaired) electrons. The van der Waals surface area contributed by atoms with Crippen molar-refractivity contribution < 1.29 is 13.2 Å². The van der Waals surface area contributed by atoms with Crippen LogP contribution in [0.1, 0.15) is 18.2 Å². The van der Waals surface area contributed by atoms with Crippen LogP contribution >= 0.6 is 12.2 Å². The fraction of sp³-hybridized carbons (Fsp3) is 0.250. The molecular formula is C8H6F3NS. The number of thiocarbonyl (C=S) groups is 1. The van der Waals surface area contributed by atoms with Gasteiger partial charge >= 0.3 is 6.18 Å². The van der Waals surface area contributed by atoms with E-state index in [-0.39, 0.29) is 0 Å². The summed E-state index contributed by atoms with van der Waals surface area (Å²) in [4.78, 5) is 3.79. The second kappa shape index (κ2) is 3.41. The molecular weight excluding hydrogens is 199 g/mol. The van der Waals surface area contributed by atoms with Gasteiger partial charge in [-0.2, -0.15) is 13.2 Å². The molecule has 0 unspecified atom stereocenters. The molecule has 70 valence electrons. The Hall–Kier alpha value is -0.970. The number of hydrogen-bond donors (Lipinski definition) is 0. The van der Waals surface area contributed by atoms with Crippen LogP contribution in [0.5, 0.6) is 0 Å². The topological polar surface area (TPSA) is 12.9 Å². The van der Waals surface area contributed by atoms with Crippen LogP contribution in [-0.2, 0) is 6.18 Å². The second-order valence-electron chi connectivity index (χ2n) is 2.49. The average Bonchev–Trinajstić information content (AvgIpc) is 2.03. The molecule has 0 amide bonds. The van der Waals surface area contributed by atoms with Crippen molar-refractivity contribution in [3.05, 3.63) is 29.6 Å². The molecule has 0 saturated heterocycles. The van der Waals surface area contributed by atoms with E-state index in [4.69, 9.17) is 12.2 Å². The Bertz CT molecular complexity index is 315. The van der Waals surface area contributed by atoms with Gasteiger partial charge in [-0.15, -0.1) is 0 Å². The van der Waals surface area contributed by atoms with E-state index < -0.39 is 11.9 Å². The van der Waals surface area contributed by atoms with Crippen molar-refractivity contribution in [3.63, 3.8) is 0 Å². The van der Waals surface area contributed by atoms with Crippen molar-refractivity contribution in [2.45, 2.75) is 13.1 Å². The molecule has 0 bridgehead atoms. The van der Waals surface area contributed by atoms with Crippen LogP contribution in [0, 0.1) is 0 Å². The molecule has 1 aromatic rings. The normalized spacial score (nSPS) is 11.4. The number of nitrogens with zero attached hydrogens (tertiary/aromatic N) is 1. The van der Waals surface area contributed by atoms with E-state index in [1.165, 1.54) is 6.07 Å². The summed E-state index contributed by atoms with van der Waals surface area (Å²) in [6, 6.07) is 2.24. The molecule has 0 atom stereocenters. The third-order valence-corrected chi connectivity index (χ3v) is 1.70. The van der Waals surface area contributed by atoms with E-state index in [1.807, 2.05) is 0 Å². The van der Waals surface area contributed by atoms with E-state index in [2.05, 4.69) is 4.98 Å². The van der Waals surface area contributed by atoms with Gasteiger partial charge < -0.3 is 0 Å². The van der Waals surface area contributed by atoms with Crippen molar-refractivity contribution in [2.75, 3.05) is 0 Å². The fourth-order valence-electron chi connectivity index (χ4n) is 0.770. The van der Waals surface area contributed by atoms with E-state index >= 15 is 0 Å². The molecule has 0 aliphatic heterocycles. The van der Waals surface area contributed by atoms with Crippen LogP contribution in [-0.4, -0.2) is 9.85 Å². The van der Waals surface area contributed by atoms with Crippen LogP contribution in [0.2, 0.25) is 0 Å². The van der Waals surface area contributed by atoms with E-state index in [9.17, 15) is 13.2 Å². The molecule has 1 nitrogen and oxygen atoms in total. The summed E-state index contributed by atoms with van der Waals surface area (Å²) < 4.78 is 36.1. The van der Waals surface area contributed by atoms with Gasteiger partial charge in [0.25, 0.3) is 0 Å². The van der Waals surface area contributed by atoms with Gasteiger partial charge in [-0.25, -0.2) is 0 Å². The summed E-state index contributed by atoms with van der Waals surface area (Å²) >= 11 is 4.78. The number of halogens is 3. The Kier molecular flexibility index (Phi) is 2.66. The first-order valence-electron chi connectivity index (χ1n) is 3.45. The van der Waals surface area contributed by atoms with Crippen molar-refractivity contribution in [3.8, 4) is 0 Å². The van der Waals surface area contributed by atoms with Gasteiger partial charge in [0.05, 0.1) is 0 Å². The molecule has 5 heteroatoms. The lowest BCUT2D eigenvalue weighted by Crippen LogP contribution is -2.08. The Morgan fingerprint density at radius 3 is 2.31 bits per heavy atom. The summed E-state index contributed by atoms with van der Waals surface area (Å²) in [5.41, 5.74) is -0.351. The lowest BCUT2D eigenvalue weighted by atomic mass is 10.2. The molecule has 0 spiro atoms. The molecule has 1 rings (SSSR count). The van der Waals surface area contributed by atoms with Crippen LogP contribution in [0.15, 0.2) is 18.3 Å². The lowest BCUT2D eigenvalue weighted by Gasteiger charge is -2.05. The Morgan fingerprint density at radius 2 is 2.00 bits per heavy atom. The number of hydrogen-bond acceptors (Lipinski definition) is 2. The van der Waals surface area contributed by atoms with Crippen LogP contribution < -0.4 is 0 Å². The first kappa shape index (κ1) is 10.1. The highest BCUT2D eigenvalue weighted by Crippen LogP contribution is 2.27. The maximum absolute atomic E-state index is 12.0. The summed E-state index contributed by atoms with van der Waals surface area (Å²) in [7, 11) is 0. The highest BCUT2D eigenvalue weighted by atomic mass is 32.1. The third kappa shape index (κ3) is 2.48. The molecule has 13 heavy (non-hydrogen) atoms. The van der Waals surface area contributed by atoms with Crippen LogP contribution in [0.25, 0.3) is 0 Å². The van der Waals surface area contributed by atoms with Gasteiger partial charge in [-0.1, -0.05) is 18.3 Å². The molecule has 1 aromatic heterocycles. The molecule has 0 aromatic carbocycles. The SMILES string of the molecule is CC(=S)c1ccc(C(F)(F)F)nc1. The quantitative estimate of drug-likeness (QED) is 0.516. The minimum absolute atomic E-state index is 0.529. The van der Waals surface area contributed by atoms with Gasteiger partial charge in [0, 0.05) is 16.6 Å². The number of alkyl halides is 3. The molecule has 0 N–H and O–H groups in total. The summed E-state index contributed by atoms with van der Waals surface area (Å²) in [5, 5.41) is 0. The summed E-state index contributed by atoms with van der Waals surface area (Å²) in [5.74, 6) is 0. The van der Waals surface area contributed by atoms with Gasteiger partial charge in [0.15, 0.2) is 0 Å². The van der Waals surface area contributed by atoms with Crippen molar-refractivity contribution >= 4 is 17.1 Å². The van der Waals surface area contributed by atoms with Crippen molar-refractivity contribution in [1.82, 2.24) is 4.98 Å². The Morgan fingerprint density at radius 1 is 1.38 bits per heavy atom. The lowest BCUT2D eigenvalue weighted by molar-refractivity contribution is -0.141. The minimum atomic E-state index is -4.38. The van der Waals surface area contributed by atoms with E-state index in [0.717, 1.165) is 12.3 Å². The molecule has 0 aliphatic carbocycles. The van der Waals surface area contributed by atoms with Gasteiger partial charge in [-0.05, 0) is 13.0 Å². The van der Waals surface area contributed by atoms with Crippen molar-refractivity contribution in [2.24, 2.45) is 0 Å². The smallest absolute Gasteiger partial charge is 0.251 e. The molecule has 0 aliphatic rings. The highest BCUT2D eigenvalue weighted by molar-refractivity contribution is 7.80. The number of pyridine rings is 1. The van der Waals surface area contributed by atoms with Crippen LogP contribution in [0.4, 0.5) is 13.2 Å². The maximum Gasteiger partial charge on any atom is 0.433 e. The first-order valence-corrected chi connectivity index (χ1v) is 3.86. The third-order valence-electron chi connectivity index (χ3n) is 1.46. The predicted molar refractivity (Wildman–Crippen MR) is 46.6 cm³/mol. The maximum atomic E-state index is 12.0. The zero-order valence-corrected chi connectivity index (χ0v) is 7.54. The largest absolute Gasteiger partial charge is 0.433 e. The predicted octanol–water partition coefficient (Wildman–Crippen LogP) is 2.84. The molecule has 1 heterocycles. The molecule has 0 saturated carbocycles. The monoisotopic (exact) mass is 205 g/mol. The Labute approximate surface area is 78.6 Å². The minimum Gasteiger partial charge on any atom is -0.251 e. The number of aromatic nitrogens is 1. The first-order chi connectivity index (χ1) is 5.91. The van der Waals surface area contributed by atoms with Crippen LogP contribution in [0.3, 0.4) is 0 Å². The van der Waals surface area contributed by atoms with E-state index in [0.29, 0.717) is 10.4 Å². The van der Waals surface area contributed by atoms with E-state index in [1.54, 1.807) is 6.92 Å². The Balaban J connectivity index is 3.01. The summed E-state index contributed by atoms with van der Waals surface area (Å²) in [6.45, 7) is 1.64. The number of rotatable bonds is 1. The summed E-state index contributed by atoms with van der Waals surface area (Å²) in [6.07, 6.45) is -3.25. The van der Waals surface area contributed by atoms with Gasteiger partial charge in [0.1, 0.15) is 5.69 Å². The fourth-order valence-corrected chi connectivity index (χ4v) is 0.891. The highest BCUT2D eigenvalue weighted by Gasteiger charge is 2.31. The second-order valence-corrected chi connectivity index (χ2v) is 3.10. The van der Waals surface area contributed by atoms with Gasteiger partial charge in [-0.3, -0.25) is 4.98 Å². The zero-order chi connectivity index (χ0) is 10.1. The zero-order valence-electron chi connectivity index (χ0n) is 6.72. The average molecular weight is 205 g/mol. The standard InChI is InChI=1S/C8H6F3NS/c1-5(13)6-2-3-7(12-4-6)8(9,10)11/h2-4H,1H3. The van der Waals surface area contributed by atoms with Gasteiger partial charge in [0.2, 0.25) is 0 Å². The molecule has 0 fully saturated rings.